The molecule has 0 saturated carbocycles. The van der Waals surface area contributed by atoms with Crippen molar-refractivity contribution in [3.05, 3.63) is 70.1 Å². The van der Waals surface area contributed by atoms with Crippen LogP contribution < -0.4 is 5.56 Å². The molecule has 0 spiro atoms. The van der Waals surface area contributed by atoms with Gasteiger partial charge in [0.2, 0.25) is 5.91 Å². The highest BCUT2D eigenvalue weighted by atomic mass is 16.2. The molecule has 140 valence electrons. The molecule has 2 fully saturated rings. The number of pyridine rings is 1. The second kappa shape index (κ2) is 6.68. The summed E-state index contributed by atoms with van der Waals surface area (Å²) >= 11 is 0. The summed E-state index contributed by atoms with van der Waals surface area (Å²) in [6.07, 6.45) is 1.62. The number of fused-ring (bicyclic) bond motifs is 1. The third kappa shape index (κ3) is 3.05. The molecular formula is C21H23N3O3. The van der Waals surface area contributed by atoms with Crippen LogP contribution in [0.5, 0.6) is 0 Å². The van der Waals surface area contributed by atoms with E-state index < -0.39 is 0 Å². The molecule has 0 N–H and O–H groups in total. The molecule has 27 heavy (non-hydrogen) atoms. The predicted molar refractivity (Wildman–Crippen MR) is 101 cm³/mol. The van der Waals surface area contributed by atoms with Crippen molar-refractivity contribution in [3.63, 3.8) is 0 Å². The minimum atomic E-state index is -0.190. The van der Waals surface area contributed by atoms with E-state index >= 15 is 0 Å². The van der Waals surface area contributed by atoms with Gasteiger partial charge in [0, 0.05) is 63.3 Å². The second-order valence-electron chi connectivity index (χ2n) is 7.53. The lowest BCUT2D eigenvalue weighted by atomic mass is 9.89. The van der Waals surface area contributed by atoms with Crippen molar-refractivity contribution < 1.29 is 9.59 Å². The van der Waals surface area contributed by atoms with Crippen molar-refractivity contribution in [2.75, 3.05) is 19.6 Å². The Bertz CT molecular complexity index is 937. The molecule has 2 aromatic rings. The fourth-order valence-corrected chi connectivity index (χ4v) is 4.48. The third-order valence-electron chi connectivity index (χ3n) is 5.85. The van der Waals surface area contributed by atoms with Crippen LogP contribution in [-0.4, -0.2) is 45.8 Å². The van der Waals surface area contributed by atoms with Gasteiger partial charge in [0.25, 0.3) is 11.5 Å². The Kier molecular flexibility index (Phi) is 4.34. The predicted octanol–water partition coefficient (Wildman–Crippen LogP) is 1.68. The van der Waals surface area contributed by atoms with Gasteiger partial charge in [0.05, 0.1) is 6.04 Å². The normalized spacial score (nSPS) is 24.1. The molecule has 0 aliphatic carbocycles. The molecule has 3 heterocycles. The van der Waals surface area contributed by atoms with Crippen LogP contribution in [0.2, 0.25) is 0 Å². The van der Waals surface area contributed by atoms with E-state index in [0.29, 0.717) is 25.2 Å². The van der Waals surface area contributed by atoms with E-state index in [1.807, 2.05) is 40.1 Å². The van der Waals surface area contributed by atoms with Crippen LogP contribution in [0.3, 0.4) is 0 Å². The van der Waals surface area contributed by atoms with Gasteiger partial charge in [-0.1, -0.05) is 30.3 Å². The van der Waals surface area contributed by atoms with Crippen molar-refractivity contribution in [2.45, 2.75) is 13.0 Å². The number of aromatic nitrogens is 1. The number of likely N-dealkylation sites (tertiary alicyclic amines) is 2. The van der Waals surface area contributed by atoms with Crippen molar-refractivity contribution in [1.29, 1.82) is 0 Å². The largest absolute Gasteiger partial charge is 0.338 e. The third-order valence-corrected chi connectivity index (χ3v) is 5.85. The molecule has 1 aromatic carbocycles. The topological polar surface area (TPSA) is 62.6 Å². The maximum atomic E-state index is 12.9. The summed E-state index contributed by atoms with van der Waals surface area (Å²) in [5.41, 5.74) is 1.35. The van der Waals surface area contributed by atoms with E-state index in [1.54, 1.807) is 26.2 Å². The van der Waals surface area contributed by atoms with Gasteiger partial charge in [0.1, 0.15) is 0 Å². The molecule has 3 atom stereocenters. The number of rotatable bonds is 2. The number of aryl methyl sites for hydroxylation is 1. The molecule has 2 amide bonds. The molecule has 6 nitrogen and oxygen atoms in total. The zero-order valence-electron chi connectivity index (χ0n) is 15.5. The summed E-state index contributed by atoms with van der Waals surface area (Å²) < 4.78 is 1.45. The summed E-state index contributed by atoms with van der Waals surface area (Å²) in [7, 11) is 1.66. The van der Waals surface area contributed by atoms with Crippen LogP contribution in [0.15, 0.2) is 53.5 Å². The van der Waals surface area contributed by atoms with Gasteiger partial charge in [-0.3, -0.25) is 14.4 Å². The van der Waals surface area contributed by atoms with E-state index in [1.165, 1.54) is 10.6 Å². The van der Waals surface area contributed by atoms with Crippen LogP contribution >= 0.6 is 0 Å². The van der Waals surface area contributed by atoms with E-state index in [-0.39, 0.29) is 35.3 Å². The number of hydrogen-bond acceptors (Lipinski definition) is 3. The lowest BCUT2D eigenvalue weighted by molar-refractivity contribution is -0.130. The number of carbonyl (C=O) groups excluding carboxylic acids is 2. The van der Waals surface area contributed by atoms with E-state index in [2.05, 4.69) is 0 Å². The Hall–Kier alpha value is -2.89. The Balaban J connectivity index is 1.59. The molecule has 0 unspecified atom stereocenters. The summed E-state index contributed by atoms with van der Waals surface area (Å²) in [5, 5.41) is 0. The van der Waals surface area contributed by atoms with Gasteiger partial charge < -0.3 is 14.4 Å². The monoisotopic (exact) mass is 365 g/mol. The fourth-order valence-electron chi connectivity index (χ4n) is 4.48. The first-order valence-electron chi connectivity index (χ1n) is 9.24. The van der Waals surface area contributed by atoms with Gasteiger partial charge in [-0.15, -0.1) is 0 Å². The summed E-state index contributed by atoms with van der Waals surface area (Å²) in [6.45, 7) is 3.49. The molecule has 0 radical (unpaired) electrons. The number of carbonyl (C=O) groups is 2. The smallest absolute Gasteiger partial charge is 0.254 e. The van der Waals surface area contributed by atoms with Crippen LogP contribution in [0.4, 0.5) is 0 Å². The minimum absolute atomic E-state index is 0.00450. The van der Waals surface area contributed by atoms with E-state index in [0.717, 1.165) is 5.56 Å². The van der Waals surface area contributed by atoms with Crippen molar-refractivity contribution in [2.24, 2.45) is 18.9 Å². The first kappa shape index (κ1) is 17.5. The molecule has 0 bridgehead atoms. The number of amides is 2. The average Bonchev–Trinajstić information content (AvgIpc) is 3.22. The Morgan fingerprint density at radius 1 is 1.04 bits per heavy atom. The first-order valence-corrected chi connectivity index (χ1v) is 9.24. The first-order chi connectivity index (χ1) is 13.0. The molecule has 4 rings (SSSR count). The van der Waals surface area contributed by atoms with Crippen molar-refractivity contribution >= 4 is 11.8 Å². The zero-order valence-corrected chi connectivity index (χ0v) is 15.5. The van der Waals surface area contributed by atoms with Gasteiger partial charge in [0.15, 0.2) is 0 Å². The quantitative estimate of drug-likeness (QED) is 0.813. The Labute approximate surface area is 158 Å². The van der Waals surface area contributed by atoms with Crippen LogP contribution in [0.25, 0.3) is 0 Å². The molecular weight excluding hydrogens is 342 g/mol. The number of hydrogen-bond donors (Lipinski definition) is 0. The molecule has 2 aliphatic rings. The van der Waals surface area contributed by atoms with Crippen molar-refractivity contribution in [3.8, 4) is 0 Å². The number of benzene rings is 1. The highest BCUT2D eigenvalue weighted by molar-refractivity contribution is 5.94. The zero-order chi connectivity index (χ0) is 19.1. The summed E-state index contributed by atoms with van der Waals surface area (Å²) in [4.78, 5) is 40.7. The molecule has 6 heteroatoms. The number of nitrogens with zero attached hydrogens (tertiary/aromatic N) is 3. The standard InChI is InChI=1S/C21H23N3O3/c1-14(25)24-12-17-11-23(21(27)16-8-9-22(2)19(26)10-16)13-18(17)20(24)15-6-4-3-5-7-15/h3-10,17-18,20H,11-13H2,1-2H3/t17-,18-,20-/m1/s1. The summed E-state index contributed by atoms with van der Waals surface area (Å²) in [5.74, 6) is 0.437. The lowest BCUT2D eigenvalue weighted by Gasteiger charge is -2.29. The van der Waals surface area contributed by atoms with Crippen LogP contribution in [0, 0.1) is 11.8 Å². The minimum Gasteiger partial charge on any atom is -0.338 e. The Morgan fingerprint density at radius 3 is 2.44 bits per heavy atom. The van der Waals surface area contributed by atoms with Gasteiger partial charge in [-0.2, -0.15) is 0 Å². The molecule has 2 aliphatic heterocycles. The molecule has 2 saturated heterocycles. The van der Waals surface area contributed by atoms with Crippen LogP contribution in [0.1, 0.15) is 28.9 Å². The van der Waals surface area contributed by atoms with Gasteiger partial charge >= 0.3 is 0 Å². The highest BCUT2D eigenvalue weighted by Crippen LogP contribution is 2.45. The van der Waals surface area contributed by atoms with Gasteiger partial charge in [-0.25, -0.2) is 0 Å². The van der Waals surface area contributed by atoms with Gasteiger partial charge in [-0.05, 0) is 11.6 Å². The Morgan fingerprint density at radius 2 is 1.78 bits per heavy atom. The summed E-state index contributed by atoms with van der Waals surface area (Å²) in [6, 6.07) is 13.1. The average molecular weight is 365 g/mol. The molecule has 1 aromatic heterocycles. The lowest BCUT2D eigenvalue weighted by Crippen LogP contribution is -2.36. The van der Waals surface area contributed by atoms with E-state index in [9.17, 15) is 14.4 Å². The SMILES string of the molecule is CC(=O)N1C[C@H]2CN(C(=O)c3ccn(C)c(=O)c3)C[C@H]2[C@H]1c1ccccc1. The second-order valence-corrected chi connectivity index (χ2v) is 7.53. The fraction of sp³-hybridized carbons (Fsp3) is 0.381. The highest BCUT2D eigenvalue weighted by Gasteiger charge is 2.49. The van der Waals surface area contributed by atoms with Crippen LogP contribution in [-0.2, 0) is 11.8 Å². The maximum absolute atomic E-state index is 12.9. The van der Waals surface area contributed by atoms with E-state index in [4.69, 9.17) is 0 Å². The maximum Gasteiger partial charge on any atom is 0.254 e. The van der Waals surface area contributed by atoms with Crippen molar-refractivity contribution in [1.82, 2.24) is 14.4 Å².